The number of nitrogens with zero attached hydrogens (tertiary/aromatic N) is 1. The summed E-state index contributed by atoms with van der Waals surface area (Å²) < 4.78 is 0. The fraction of sp³-hybridized carbons (Fsp3) is 0.114. The van der Waals surface area contributed by atoms with Gasteiger partial charge in [-0.05, 0) is 45.2 Å². The van der Waals surface area contributed by atoms with E-state index in [9.17, 15) is 19.5 Å². The number of imide groups is 1. The molecule has 7 heteroatoms. The maximum Gasteiger partial charge on any atom is 0.327 e. The molecule has 210 valence electrons. The van der Waals surface area contributed by atoms with Gasteiger partial charge >= 0.3 is 12.0 Å². The van der Waals surface area contributed by atoms with E-state index in [1.54, 1.807) is 18.2 Å². The van der Waals surface area contributed by atoms with E-state index in [2.05, 4.69) is 5.32 Å². The van der Waals surface area contributed by atoms with E-state index in [1.807, 2.05) is 109 Å². The lowest BCUT2D eigenvalue weighted by atomic mass is 10.0. The van der Waals surface area contributed by atoms with Crippen LogP contribution in [-0.4, -0.2) is 39.7 Å². The van der Waals surface area contributed by atoms with Crippen molar-refractivity contribution in [1.82, 2.24) is 10.2 Å². The van der Waals surface area contributed by atoms with Gasteiger partial charge in [0.05, 0.1) is 6.54 Å². The van der Waals surface area contributed by atoms with Crippen LogP contribution in [0.15, 0.2) is 127 Å². The number of hydrogen-bond donors (Lipinski definition) is 2. The molecule has 1 atom stereocenters. The monoisotopic (exact) mass is 574 g/mol. The first kappa shape index (κ1) is 28.6. The Morgan fingerprint density at radius 2 is 1.38 bits per heavy atom. The molecule has 42 heavy (non-hydrogen) atoms. The summed E-state index contributed by atoms with van der Waals surface area (Å²) in [5, 5.41) is 14.4. The number of carbonyl (C=O) groups is 3. The topological polar surface area (TPSA) is 86.7 Å². The minimum atomic E-state index is -1.18. The van der Waals surface area contributed by atoms with Gasteiger partial charge in [-0.25, -0.2) is 9.59 Å². The number of fused-ring (bicyclic) bond motifs is 1. The van der Waals surface area contributed by atoms with Gasteiger partial charge in [0.15, 0.2) is 0 Å². The first-order valence-corrected chi connectivity index (χ1v) is 14.7. The van der Waals surface area contributed by atoms with Gasteiger partial charge in [-0.2, -0.15) is 11.8 Å². The minimum Gasteiger partial charge on any atom is -0.480 e. The number of benzene rings is 5. The molecule has 5 aromatic carbocycles. The number of amides is 3. The molecule has 0 saturated heterocycles. The largest absolute Gasteiger partial charge is 0.480 e. The van der Waals surface area contributed by atoms with Crippen LogP contribution in [0.1, 0.15) is 21.5 Å². The van der Waals surface area contributed by atoms with Crippen LogP contribution in [0.2, 0.25) is 0 Å². The van der Waals surface area contributed by atoms with Crippen molar-refractivity contribution in [2.45, 2.75) is 18.3 Å². The standard InChI is InChI=1S/C35H30N2O4S/c38-33(29-18-10-17-28(21-29)26-13-5-2-6-14-26)37(22-30-19-9-16-27-15-7-8-20-31(27)30)35(41)36-32(34(39)40)24-42-23-25-11-3-1-4-12-25/h1-21,32H,22-24H2,(H,36,41)(H,39,40)/t32-/m0/s1. The smallest absolute Gasteiger partial charge is 0.327 e. The van der Waals surface area contributed by atoms with E-state index < -0.39 is 23.9 Å². The van der Waals surface area contributed by atoms with Crippen LogP contribution in [0.4, 0.5) is 4.79 Å². The third kappa shape index (κ3) is 7.06. The molecule has 0 spiro atoms. The highest BCUT2D eigenvalue weighted by atomic mass is 32.2. The van der Waals surface area contributed by atoms with Crippen molar-refractivity contribution in [3.8, 4) is 11.1 Å². The molecule has 5 aromatic rings. The molecule has 0 bridgehead atoms. The Bertz CT molecular complexity index is 1690. The van der Waals surface area contributed by atoms with Crippen molar-refractivity contribution < 1.29 is 19.5 Å². The number of carbonyl (C=O) groups excluding carboxylic acids is 2. The van der Waals surface area contributed by atoms with Crippen LogP contribution >= 0.6 is 11.8 Å². The van der Waals surface area contributed by atoms with Crippen LogP contribution in [-0.2, 0) is 17.1 Å². The molecule has 5 rings (SSSR count). The van der Waals surface area contributed by atoms with Crippen molar-refractivity contribution in [3.05, 3.63) is 144 Å². The molecule has 0 fully saturated rings. The summed E-state index contributed by atoms with van der Waals surface area (Å²) >= 11 is 1.41. The Balaban J connectivity index is 1.42. The quantitative estimate of drug-likeness (QED) is 0.184. The van der Waals surface area contributed by atoms with Gasteiger partial charge in [0.2, 0.25) is 0 Å². The molecule has 2 N–H and O–H groups in total. The summed E-state index contributed by atoms with van der Waals surface area (Å²) in [5.41, 5.74) is 3.95. The van der Waals surface area contributed by atoms with Gasteiger partial charge in [-0.15, -0.1) is 0 Å². The predicted molar refractivity (Wildman–Crippen MR) is 168 cm³/mol. The number of urea groups is 1. The second-order valence-corrected chi connectivity index (χ2v) is 10.8. The van der Waals surface area contributed by atoms with Crippen molar-refractivity contribution in [1.29, 1.82) is 0 Å². The third-order valence-corrected chi connectivity index (χ3v) is 8.01. The van der Waals surface area contributed by atoms with Gasteiger partial charge in [0.1, 0.15) is 6.04 Å². The number of rotatable bonds is 10. The number of carboxylic acid groups (broad SMARTS) is 1. The van der Waals surface area contributed by atoms with Gasteiger partial charge in [0.25, 0.3) is 5.91 Å². The molecule has 0 heterocycles. The number of aliphatic carboxylic acids is 1. The maximum absolute atomic E-state index is 14.0. The number of hydrogen-bond acceptors (Lipinski definition) is 4. The average Bonchev–Trinajstić information content (AvgIpc) is 3.03. The third-order valence-electron chi connectivity index (χ3n) is 6.91. The molecule has 0 aliphatic heterocycles. The normalized spacial score (nSPS) is 11.5. The number of nitrogens with one attached hydrogen (secondary N) is 1. The minimum absolute atomic E-state index is 0.0227. The van der Waals surface area contributed by atoms with E-state index in [1.165, 1.54) is 11.8 Å². The van der Waals surface area contributed by atoms with Crippen LogP contribution in [0, 0.1) is 0 Å². The highest BCUT2D eigenvalue weighted by molar-refractivity contribution is 7.98. The van der Waals surface area contributed by atoms with Gasteiger partial charge in [-0.1, -0.05) is 115 Å². The van der Waals surface area contributed by atoms with Gasteiger partial charge in [0, 0.05) is 17.1 Å². The van der Waals surface area contributed by atoms with Crippen LogP contribution in [0.25, 0.3) is 21.9 Å². The Morgan fingerprint density at radius 3 is 2.14 bits per heavy atom. The fourth-order valence-electron chi connectivity index (χ4n) is 4.73. The van der Waals surface area contributed by atoms with Crippen molar-refractivity contribution in [3.63, 3.8) is 0 Å². The highest BCUT2D eigenvalue weighted by Gasteiger charge is 2.28. The first-order chi connectivity index (χ1) is 20.5. The van der Waals surface area contributed by atoms with Gasteiger partial charge in [-0.3, -0.25) is 9.69 Å². The summed E-state index contributed by atoms with van der Waals surface area (Å²) in [5.74, 6) is -0.923. The summed E-state index contributed by atoms with van der Waals surface area (Å²) in [4.78, 5) is 40.9. The van der Waals surface area contributed by atoms with Crippen molar-refractivity contribution in [2.24, 2.45) is 0 Å². The van der Waals surface area contributed by atoms with E-state index in [4.69, 9.17) is 0 Å². The molecular weight excluding hydrogens is 544 g/mol. The summed E-state index contributed by atoms with van der Waals surface area (Å²) in [7, 11) is 0. The van der Waals surface area contributed by atoms with Crippen LogP contribution in [0.3, 0.4) is 0 Å². The lowest BCUT2D eigenvalue weighted by Gasteiger charge is -2.25. The molecule has 0 radical (unpaired) electrons. The average molecular weight is 575 g/mol. The Kier molecular flexibility index (Phi) is 9.31. The maximum atomic E-state index is 14.0. The summed E-state index contributed by atoms with van der Waals surface area (Å²) in [6, 6.07) is 38.1. The Labute approximate surface area is 249 Å². The van der Waals surface area contributed by atoms with Crippen LogP contribution < -0.4 is 5.32 Å². The summed E-state index contributed by atoms with van der Waals surface area (Å²) in [6.07, 6.45) is 0. The van der Waals surface area contributed by atoms with E-state index >= 15 is 0 Å². The molecular formula is C35H30N2O4S. The van der Waals surface area contributed by atoms with E-state index in [0.29, 0.717) is 11.3 Å². The lowest BCUT2D eigenvalue weighted by Crippen LogP contribution is -2.50. The molecule has 3 amide bonds. The highest BCUT2D eigenvalue weighted by Crippen LogP contribution is 2.24. The molecule has 0 aliphatic carbocycles. The lowest BCUT2D eigenvalue weighted by molar-refractivity contribution is -0.138. The Morgan fingerprint density at radius 1 is 0.738 bits per heavy atom. The zero-order valence-electron chi connectivity index (χ0n) is 22.9. The number of thioether (sulfide) groups is 1. The molecule has 6 nitrogen and oxygen atoms in total. The van der Waals surface area contributed by atoms with Crippen molar-refractivity contribution >= 4 is 40.4 Å². The zero-order chi connectivity index (χ0) is 29.3. The SMILES string of the molecule is O=C(O)[C@H](CSCc1ccccc1)NC(=O)N(Cc1cccc2ccccc12)C(=O)c1cccc(-c2ccccc2)c1. The molecule has 0 unspecified atom stereocenters. The second-order valence-electron chi connectivity index (χ2n) is 9.82. The molecule has 0 aromatic heterocycles. The fourth-order valence-corrected chi connectivity index (χ4v) is 5.73. The van der Waals surface area contributed by atoms with Crippen molar-refractivity contribution in [2.75, 3.05) is 5.75 Å². The van der Waals surface area contributed by atoms with Gasteiger partial charge < -0.3 is 10.4 Å². The second kappa shape index (κ2) is 13.7. The Hall–Kier alpha value is -4.88. The predicted octanol–water partition coefficient (Wildman–Crippen LogP) is 7.25. The first-order valence-electron chi connectivity index (χ1n) is 13.6. The molecule has 0 saturated carbocycles. The number of carboxylic acids is 1. The summed E-state index contributed by atoms with van der Waals surface area (Å²) in [6.45, 7) is -0.0227. The van der Waals surface area contributed by atoms with E-state index in [0.717, 1.165) is 37.9 Å². The molecule has 0 aliphatic rings. The zero-order valence-corrected chi connectivity index (χ0v) is 23.7. The van der Waals surface area contributed by atoms with Crippen LogP contribution in [0.5, 0.6) is 0 Å². The van der Waals surface area contributed by atoms with E-state index in [-0.39, 0.29) is 12.3 Å².